The van der Waals surface area contributed by atoms with Crippen LogP contribution in [0.25, 0.3) is 10.9 Å². The van der Waals surface area contributed by atoms with Gasteiger partial charge in [0.05, 0.1) is 11.7 Å². The van der Waals surface area contributed by atoms with E-state index in [1.165, 1.54) is 16.5 Å². The van der Waals surface area contributed by atoms with Crippen molar-refractivity contribution < 1.29 is 0 Å². The highest BCUT2D eigenvalue weighted by atomic mass is 15.0. The molecule has 4 aromatic rings. The smallest absolute Gasteiger partial charge is 0.0963 e. The Kier molecular flexibility index (Phi) is 3.98. The van der Waals surface area contributed by atoms with Gasteiger partial charge in [-0.3, -0.25) is 4.98 Å². The number of H-pyrrole nitrogens is 1. The van der Waals surface area contributed by atoms with E-state index in [9.17, 15) is 0 Å². The van der Waals surface area contributed by atoms with Crippen LogP contribution in [0.3, 0.4) is 0 Å². The number of hydrogen-bond acceptors (Lipinski definition) is 2. The molecule has 0 aliphatic carbocycles. The molecule has 2 N–H and O–H groups in total. The predicted molar refractivity (Wildman–Crippen MR) is 104 cm³/mol. The maximum absolute atomic E-state index is 4.62. The molecule has 0 fully saturated rings. The van der Waals surface area contributed by atoms with Gasteiger partial charge in [-0.2, -0.15) is 0 Å². The fourth-order valence-corrected chi connectivity index (χ4v) is 3.33. The largest absolute Gasteiger partial charge is 0.373 e. The van der Waals surface area contributed by atoms with Crippen LogP contribution in [0.5, 0.6) is 0 Å². The lowest BCUT2D eigenvalue weighted by molar-refractivity contribution is 0.883. The fourth-order valence-electron chi connectivity index (χ4n) is 3.33. The third kappa shape index (κ3) is 3.01. The molecule has 0 bridgehead atoms. The van der Waals surface area contributed by atoms with Crippen LogP contribution in [0.1, 0.15) is 28.6 Å². The minimum Gasteiger partial charge on any atom is -0.373 e. The van der Waals surface area contributed by atoms with Gasteiger partial charge in [-0.05, 0) is 44.2 Å². The molecule has 4 rings (SSSR count). The number of nitrogens with one attached hydrogen (secondary N) is 2. The minimum atomic E-state index is -0.0138. The molecule has 1 atom stereocenters. The number of anilines is 1. The molecule has 25 heavy (non-hydrogen) atoms. The van der Waals surface area contributed by atoms with Crippen molar-refractivity contribution in [3.05, 3.63) is 95.4 Å². The minimum absolute atomic E-state index is 0.0138. The molecule has 0 radical (unpaired) electrons. The first-order valence-electron chi connectivity index (χ1n) is 8.54. The van der Waals surface area contributed by atoms with Gasteiger partial charge < -0.3 is 10.3 Å². The molecule has 2 heterocycles. The molecule has 3 nitrogen and oxygen atoms in total. The Morgan fingerprint density at radius 1 is 0.880 bits per heavy atom. The Morgan fingerprint density at radius 2 is 1.64 bits per heavy atom. The van der Waals surface area contributed by atoms with Gasteiger partial charge in [-0.25, -0.2) is 0 Å². The molecule has 0 saturated carbocycles. The van der Waals surface area contributed by atoms with Crippen molar-refractivity contribution in [1.82, 2.24) is 9.97 Å². The Hall–Kier alpha value is -3.07. The van der Waals surface area contributed by atoms with Crippen molar-refractivity contribution in [2.75, 3.05) is 5.32 Å². The lowest BCUT2D eigenvalue weighted by atomic mass is 9.99. The van der Waals surface area contributed by atoms with Gasteiger partial charge in [0.2, 0.25) is 0 Å². The summed E-state index contributed by atoms with van der Waals surface area (Å²) in [6.07, 6.45) is 1.85. The monoisotopic (exact) mass is 327 g/mol. The van der Waals surface area contributed by atoms with Crippen LogP contribution in [-0.2, 0) is 0 Å². The number of rotatable bonds is 4. The van der Waals surface area contributed by atoms with E-state index in [0.717, 1.165) is 22.6 Å². The molecule has 0 aliphatic rings. The zero-order chi connectivity index (χ0) is 17.2. The Morgan fingerprint density at radius 3 is 2.40 bits per heavy atom. The van der Waals surface area contributed by atoms with E-state index in [-0.39, 0.29) is 6.04 Å². The molecule has 3 heteroatoms. The first-order chi connectivity index (χ1) is 12.2. The summed E-state index contributed by atoms with van der Waals surface area (Å²) in [5.41, 5.74) is 6.91. The van der Waals surface area contributed by atoms with Gasteiger partial charge >= 0.3 is 0 Å². The normalized spacial score (nSPS) is 12.2. The SMILES string of the molecule is Cc1ccc(N[C@@H](c2ccccn2)c2c(C)[nH]c3ccccc23)cc1. The summed E-state index contributed by atoms with van der Waals surface area (Å²) >= 11 is 0. The van der Waals surface area contributed by atoms with Gasteiger partial charge in [0.25, 0.3) is 0 Å². The second-order valence-electron chi connectivity index (χ2n) is 6.41. The van der Waals surface area contributed by atoms with E-state index in [4.69, 9.17) is 0 Å². The highest BCUT2D eigenvalue weighted by Gasteiger charge is 2.21. The second-order valence-corrected chi connectivity index (χ2v) is 6.41. The summed E-state index contributed by atoms with van der Waals surface area (Å²) in [4.78, 5) is 8.12. The van der Waals surface area contributed by atoms with Crippen LogP contribution in [0.4, 0.5) is 5.69 Å². The van der Waals surface area contributed by atoms with Crippen molar-refractivity contribution in [1.29, 1.82) is 0 Å². The first kappa shape index (κ1) is 15.5. The molecular formula is C22H21N3. The molecular weight excluding hydrogens is 306 g/mol. The van der Waals surface area contributed by atoms with E-state index in [1.807, 2.05) is 18.3 Å². The molecule has 0 amide bonds. The zero-order valence-corrected chi connectivity index (χ0v) is 14.5. The fraction of sp³-hybridized carbons (Fsp3) is 0.136. The Labute approximate surface area is 147 Å². The lowest BCUT2D eigenvalue weighted by Crippen LogP contribution is -2.14. The number of aromatic nitrogens is 2. The van der Waals surface area contributed by atoms with Crippen LogP contribution in [0, 0.1) is 13.8 Å². The van der Waals surface area contributed by atoms with Crippen LogP contribution in [0.2, 0.25) is 0 Å². The zero-order valence-electron chi connectivity index (χ0n) is 14.5. The summed E-state index contributed by atoms with van der Waals surface area (Å²) in [5, 5.41) is 4.91. The maximum Gasteiger partial charge on any atom is 0.0963 e. The van der Waals surface area contributed by atoms with Gasteiger partial charge in [-0.1, -0.05) is 42.0 Å². The van der Waals surface area contributed by atoms with E-state index in [1.54, 1.807) is 0 Å². The molecule has 0 saturated heterocycles. The molecule has 0 unspecified atom stereocenters. The van der Waals surface area contributed by atoms with Crippen molar-refractivity contribution in [2.45, 2.75) is 19.9 Å². The van der Waals surface area contributed by atoms with E-state index in [2.05, 4.69) is 83.7 Å². The van der Waals surface area contributed by atoms with E-state index < -0.39 is 0 Å². The number of nitrogens with zero attached hydrogens (tertiary/aromatic N) is 1. The number of aromatic amines is 1. The van der Waals surface area contributed by atoms with Crippen molar-refractivity contribution in [3.8, 4) is 0 Å². The molecule has 2 aromatic heterocycles. The summed E-state index contributed by atoms with van der Waals surface area (Å²) in [7, 11) is 0. The van der Waals surface area contributed by atoms with E-state index >= 15 is 0 Å². The highest BCUT2D eigenvalue weighted by molar-refractivity contribution is 5.86. The molecule has 124 valence electrons. The lowest BCUT2D eigenvalue weighted by Gasteiger charge is -2.21. The number of fused-ring (bicyclic) bond motifs is 1. The Balaban J connectivity index is 1.85. The average Bonchev–Trinajstić information content (AvgIpc) is 2.98. The van der Waals surface area contributed by atoms with Crippen molar-refractivity contribution in [3.63, 3.8) is 0 Å². The van der Waals surface area contributed by atoms with Crippen LogP contribution < -0.4 is 5.32 Å². The number of hydrogen-bond donors (Lipinski definition) is 2. The third-order valence-electron chi connectivity index (χ3n) is 4.58. The van der Waals surface area contributed by atoms with Gasteiger partial charge in [-0.15, -0.1) is 0 Å². The number of pyridine rings is 1. The summed E-state index contributed by atoms with van der Waals surface area (Å²) in [6.45, 7) is 4.23. The standard InChI is InChI=1S/C22H21N3/c1-15-10-12-17(13-11-15)25-22(20-9-5-6-14-23-20)21-16(2)24-19-8-4-3-7-18(19)21/h3-14,22,24-25H,1-2H3/t22-/m0/s1. The summed E-state index contributed by atoms with van der Waals surface area (Å²) in [6, 6.07) is 23.0. The van der Waals surface area contributed by atoms with E-state index in [0.29, 0.717) is 0 Å². The summed E-state index contributed by atoms with van der Waals surface area (Å²) in [5.74, 6) is 0. The molecule has 0 aliphatic heterocycles. The average molecular weight is 327 g/mol. The number of para-hydroxylation sites is 1. The number of aryl methyl sites for hydroxylation is 2. The second kappa shape index (κ2) is 6.44. The van der Waals surface area contributed by atoms with Gasteiger partial charge in [0, 0.05) is 34.0 Å². The molecule has 0 spiro atoms. The highest BCUT2D eigenvalue weighted by Crippen LogP contribution is 2.33. The van der Waals surface area contributed by atoms with Crippen molar-refractivity contribution >= 4 is 16.6 Å². The number of benzene rings is 2. The predicted octanol–water partition coefficient (Wildman–Crippen LogP) is 5.38. The first-order valence-corrected chi connectivity index (χ1v) is 8.54. The third-order valence-corrected chi connectivity index (χ3v) is 4.58. The Bertz CT molecular complexity index is 985. The summed E-state index contributed by atoms with van der Waals surface area (Å²) < 4.78 is 0. The van der Waals surface area contributed by atoms with Crippen LogP contribution in [-0.4, -0.2) is 9.97 Å². The van der Waals surface area contributed by atoms with Gasteiger partial charge in [0.15, 0.2) is 0 Å². The topological polar surface area (TPSA) is 40.7 Å². The van der Waals surface area contributed by atoms with Gasteiger partial charge in [0.1, 0.15) is 0 Å². The van der Waals surface area contributed by atoms with Crippen LogP contribution >= 0.6 is 0 Å². The maximum atomic E-state index is 4.62. The quantitative estimate of drug-likeness (QED) is 0.528. The molecule has 2 aromatic carbocycles. The van der Waals surface area contributed by atoms with Crippen LogP contribution in [0.15, 0.2) is 72.9 Å². The van der Waals surface area contributed by atoms with Crippen molar-refractivity contribution in [2.24, 2.45) is 0 Å².